The van der Waals surface area contributed by atoms with E-state index in [1.54, 1.807) is 0 Å². The van der Waals surface area contributed by atoms with Gasteiger partial charge in [0, 0.05) is 32.9 Å². The Kier molecular flexibility index (Phi) is 7.04. The molecule has 6 heteroatoms. The van der Waals surface area contributed by atoms with E-state index in [1.165, 1.54) is 11.3 Å². The summed E-state index contributed by atoms with van der Waals surface area (Å²) in [5, 5.41) is 3.41. The van der Waals surface area contributed by atoms with E-state index < -0.39 is 0 Å². The molecule has 1 N–H and O–H groups in total. The molecule has 2 heterocycles. The molecule has 1 aliphatic heterocycles. The van der Waals surface area contributed by atoms with Crippen LogP contribution in [-0.2, 0) is 13.0 Å². The molecule has 1 aromatic carbocycles. The van der Waals surface area contributed by atoms with Gasteiger partial charge in [0.25, 0.3) is 0 Å². The van der Waals surface area contributed by atoms with Gasteiger partial charge in [-0.3, -0.25) is 0 Å². The van der Waals surface area contributed by atoms with Gasteiger partial charge in [-0.1, -0.05) is 24.3 Å². The summed E-state index contributed by atoms with van der Waals surface area (Å²) in [6.07, 6.45) is 1.06. The second kappa shape index (κ2) is 9.03. The predicted molar refractivity (Wildman–Crippen MR) is 116 cm³/mol. The Hall–Kier alpha value is -1.83. The summed E-state index contributed by atoms with van der Waals surface area (Å²) in [5.41, 5.74) is 3.62. The molecule has 25 heavy (non-hydrogen) atoms. The molecule has 0 atom stereocenters. The maximum Gasteiger partial charge on any atom is 0.198 e. The standard InChI is InChI=1S/C19H25N5.HI/c1-4-20-19(24-13-12-15-8-5-6-10-17(15)24)21-14-16-9-7-11-18(22-16)23(2)3;/h5-11H,4,12-14H2,1-3H3,(H,20,21);1H. The topological polar surface area (TPSA) is 43.8 Å². The Bertz CT molecular complexity index is 729. The van der Waals surface area contributed by atoms with Gasteiger partial charge in [0.2, 0.25) is 0 Å². The molecule has 134 valence electrons. The lowest BCUT2D eigenvalue weighted by atomic mass is 10.2. The Morgan fingerprint density at radius 2 is 2.00 bits per heavy atom. The first-order valence-electron chi connectivity index (χ1n) is 8.46. The highest BCUT2D eigenvalue weighted by atomic mass is 127. The molecule has 0 spiro atoms. The van der Waals surface area contributed by atoms with Crippen LogP contribution in [-0.4, -0.2) is 38.1 Å². The first-order chi connectivity index (χ1) is 11.7. The number of nitrogens with zero attached hydrogens (tertiary/aromatic N) is 4. The minimum absolute atomic E-state index is 0. The van der Waals surface area contributed by atoms with Crippen LogP contribution < -0.4 is 15.1 Å². The van der Waals surface area contributed by atoms with Crippen molar-refractivity contribution < 1.29 is 0 Å². The fourth-order valence-electron chi connectivity index (χ4n) is 2.91. The zero-order valence-corrected chi connectivity index (χ0v) is 17.4. The molecule has 0 saturated heterocycles. The number of anilines is 2. The quantitative estimate of drug-likeness (QED) is 0.440. The van der Waals surface area contributed by atoms with Crippen molar-refractivity contribution in [3.63, 3.8) is 0 Å². The van der Waals surface area contributed by atoms with E-state index in [-0.39, 0.29) is 24.0 Å². The minimum Gasteiger partial charge on any atom is -0.363 e. The van der Waals surface area contributed by atoms with Gasteiger partial charge in [-0.2, -0.15) is 0 Å². The monoisotopic (exact) mass is 451 g/mol. The summed E-state index contributed by atoms with van der Waals surface area (Å²) in [4.78, 5) is 13.7. The van der Waals surface area contributed by atoms with Gasteiger partial charge in [0.15, 0.2) is 5.96 Å². The molecular formula is C19H26IN5. The highest BCUT2D eigenvalue weighted by Crippen LogP contribution is 2.27. The lowest BCUT2D eigenvalue weighted by molar-refractivity contribution is 0.871. The number of para-hydroxylation sites is 1. The summed E-state index contributed by atoms with van der Waals surface area (Å²) in [5.74, 6) is 1.89. The highest BCUT2D eigenvalue weighted by molar-refractivity contribution is 14.0. The largest absolute Gasteiger partial charge is 0.363 e. The maximum atomic E-state index is 4.82. The van der Waals surface area contributed by atoms with Crippen molar-refractivity contribution in [2.24, 2.45) is 4.99 Å². The Morgan fingerprint density at radius 3 is 2.76 bits per heavy atom. The SMILES string of the molecule is CCNC(=NCc1cccc(N(C)C)n1)N1CCc2ccccc21.I. The number of hydrogen-bond acceptors (Lipinski definition) is 3. The third-order valence-corrected chi connectivity index (χ3v) is 4.12. The van der Waals surface area contributed by atoms with Crippen molar-refractivity contribution in [1.29, 1.82) is 0 Å². The first-order valence-corrected chi connectivity index (χ1v) is 8.46. The lowest BCUT2D eigenvalue weighted by Crippen LogP contribution is -2.40. The van der Waals surface area contributed by atoms with Crippen LogP contribution in [0.2, 0.25) is 0 Å². The van der Waals surface area contributed by atoms with Crippen LogP contribution in [0.15, 0.2) is 47.5 Å². The molecule has 0 unspecified atom stereocenters. The van der Waals surface area contributed by atoms with Crippen molar-refractivity contribution in [1.82, 2.24) is 10.3 Å². The number of fused-ring (bicyclic) bond motifs is 1. The van der Waals surface area contributed by atoms with E-state index >= 15 is 0 Å². The minimum atomic E-state index is 0. The van der Waals surface area contributed by atoms with Crippen molar-refractivity contribution >= 4 is 41.4 Å². The number of aromatic nitrogens is 1. The van der Waals surface area contributed by atoms with Crippen LogP contribution in [0.5, 0.6) is 0 Å². The highest BCUT2D eigenvalue weighted by Gasteiger charge is 2.22. The summed E-state index contributed by atoms with van der Waals surface area (Å²) >= 11 is 0. The van der Waals surface area contributed by atoms with Crippen LogP contribution in [0.25, 0.3) is 0 Å². The normalized spacial score (nSPS) is 13.2. The molecule has 0 radical (unpaired) electrons. The van der Waals surface area contributed by atoms with Gasteiger partial charge >= 0.3 is 0 Å². The van der Waals surface area contributed by atoms with Gasteiger partial charge in [0.05, 0.1) is 12.2 Å². The molecule has 1 aromatic heterocycles. The number of halogens is 1. The van der Waals surface area contributed by atoms with Crippen molar-refractivity contribution in [3.8, 4) is 0 Å². The maximum absolute atomic E-state index is 4.82. The summed E-state index contributed by atoms with van der Waals surface area (Å²) in [6.45, 7) is 4.49. The predicted octanol–water partition coefficient (Wildman–Crippen LogP) is 3.29. The number of nitrogens with one attached hydrogen (secondary N) is 1. The van der Waals surface area contributed by atoms with Crippen LogP contribution >= 0.6 is 24.0 Å². The summed E-state index contributed by atoms with van der Waals surface area (Å²) < 4.78 is 0. The molecule has 0 bridgehead atoms. The lowest BCUT2D eigenvalue weighted by Gasteiger charge is -2.22. The molecule has 0 saturated carbocycles. The van der Waals surface area contributed by atoms with Crippen molar-refractivity contribution in [2.45, 2.75) is 19.9 Å². The molecule has 1 aliphatic rings. The van der Waals surface area contributed by atoms with E-state index in [0.717, 1.165) is 37.0 Å². The average Bonchev–Trinajstić information content (AvgIpc) is 3.03. The molecule has 2 aromatic rings. The second-order valence-corrected chi connectivity index (χ2v) is 6.08. The average molecular weight is 451 g/mol. The Labute approximate surface area is 167 Å². The van der Waals surface area contributed by atoms with Gasteiger partial charge in [-0.25, -0.2) is 9.98 Å². The van der Waals surface area contributed by atoms with Crippen molar-refractivity contribution in [3.05, 3.63) is 53.7 Å². The Morgan fingerprint density at radius 1 is 1.20 bits per heavy atom. The number of pyridine rings is 1. The van der Waals surface area contributed by atoms with E-state index in [4.69, 9.17) is 4.99 Å². The van der Waals surface area contributed by atoms with E-state index in [1.807, 2.05) is 37.2 Å². The summed E-state index contributed by atoms with van der Waals surface area (Å²) in [7, 11) is 4.00. The Balaban J connectivity index is 0.00000225. The van der Waals surface area contributed by atoms with Crippen LogP contribution in [0.4, 0.5) is 11.5 Å². The fraction of sp³-hybridized carbons (Fsp3) is 0.368. The zero-order chi connectivity index (χ0) is 16.9. The number of guanidine groups is 1. The molecule has 0 amide bonds. The van der Waals surface area contributed by atoms with Crippen molar-refractivity contribution in [2.75, 3.05) is 37.0 Å². The summed E-state index contributed by atoms with van der Waals surface area (Å²) in [6, 6.07) is 14.6. The number of hydrogen-bond donors (Lipinski definition) is 1. The molecule has 0 aliphatic carbocycles. The van der Waals surface area contributed by atoms with Gasteiger partial charge < -0.3 is 15.1 Å². The first kappa shape index (κ1) is 19.5. The van der Waals surface area contributed by atoms with E-state index in [0.29, 0.717) is 6.54 Å². The van der Waals surface area contributed by atoms with Gasteiger partial charge in [0.1, 0.15) is 5.82 Å². The number of aliphatic imine (C=N–C) groups is 1. The molecule has 0 fully saturated rings. The fourth-order valence-corrected chi connectivity index (χ4v) is 2.91. The second-order valence-electron chi connectivity index (χ2n) is 6.08. The van der Waals surface area contributed by atoms with Crippen LogP contribution in [0.3, 0.4) is 0 Å². The zero-order valence-electron chi connectivity index (χ0n) is 15.1. The third kappa shape index (κ3) is 4.62. The smallest absolute Gasteiger partial charge is 0.198 e. The third-order valence-electron chi connectivity index (χ3n) is 4.12. The van der Waals surface area contributed by atoms with Gasteiger partial charge in [-0.05, 0) is 37.1 Å². The number of rotatable bonds is 4. The van der Waals surface area contributed by atoms with Crippen LogP contribution in [0.1, 0.15) is 18.2 Å². The molecule has 3 rings (SSSR count). The van der Waals surface area contributed by atoms with E-state index in [9.17, 15) is 0 Å². The van der Waals surface area contributed by atoms with Gasteiger partial charge in [-0.15, -0.1) is 24.0 Å². The number of benzene rings is 1. The van der Waals surface area contributed by atoms with Crippen LogP contribution in [0, 0.1) is 0 Å². The molecular weight excluding hydrogens is 425 g/mol. The molecule has 5 nitrogen and oxygen atoms in total. The van der Waals surface area contributed by atoms with E-state index in [2.05, 4.69) is 46.4 Å².